The van der Waals surface area contributed by atoms with Gasteiger partial charge in [0.2, 0.25) is 0 Å². The number of pyridine rings is 1. The summed E-state index contributed by atoms with van der Waals surface area (Å²) in [6, 6.07) is 53.6. The van der Waals surface area contributed by atoms with Gasteiger partial charge in [-0.1, -0.05) is 115 Å². The van der Waals surface area contributed by atoms with E-state index in [2.05, 4.69) is 162 Å². The van der Waals surface area contributed by atoms with Gasteiger partial charge in [0, 0.05) is 40.5 Å². The van der Waals surface area contributed by atoms with Crippen molar-refractivity contribution in [1.29, 1.82) is 0 Å². The van der Waals surface area contributed by atoms with Gasteiger partial charge in [-0.2, -0.15) is 0 Å². The van der Waals surface area contributed by atoms with E-state index in [1.54, 1.807) is 0 Å². The number of fused-ring (bicyclic) bond motifs is 11. The molecule has 0 N–H and O–H groups in total. The summed E-state index contributed by atoms with van der Waals surface area (Å²) >= 11 is 0. The van der Waals surface area contributed by atoms with E-state index in [1.807, 2.05) is 12.4 Å². The van der Waals surface area contributed by atoms with Crippen LogP contribution in [0.25, 0.3) is 55.6 Å². The van der Waals surface area contributed by atoms with Crippen LogP contribution in [0.2, 0.25) is 0 Å². The lowest BCUT2D eigenvalue weighted by molar-refractivity contribution is 1.27. The van der Waals surface area contributed by atoms with E-state index in [0.29, 0.717) is 0 Å². The van der Waals surface area contributed by atoms with Gasteiger partial charge in [0.25, 0.3) is 0 Å². The Bertz CT molecular complexity index is 2240. The molecule has 0 saturated heterocycles. The third-order valence-corrected chi connectivity index (χ3v) is 9.40. The minimum atomic E-state index is 0.105. The Morgan fingerprint density at radius 1 is 0.422 bits per heavy atom. The number of nitrogens with zero attached hydrogens (tertiary/aromatic N) is 2. The zero-order chi connectivity index (χ0) is 29.9. The molecule has 0 aliphatic carbocycles. The van der Waals surface area contributed by atoms with Crippen molar-refractivity contribution in [2.45, 2.75) is 6.92 Å². The standard InChI is InChI=1S/C42H29BN2/c1-28-23-34(27-44-26-28)31-17-15-30(16-18-31)33-20-22-42-38(25-33)36-12-6-8-14-40(36)43-39-13-7-5-11-35(39)37-24-32(19-21-41(37)45(42)43)29-9-3-2-4-10-29/h2-27H,1H3. The van der Waals surface area contributed by atoms with Crippen LogP contribution in [0, 0.1) is 6.92 Å². The molecule has 0 fully saturated rings. The molecule has 210 valence electrons. The van der Waals surface area contributed by atoms with Crippen LogP contribution in [0.1, 0.15) is 5.56 Å². The van der Waals surface area contributed by atoms with Crippen LogP contribution in [-0.4, -0.2) is 11.8 Å². The van der Waals surface area contributed by atoms with Crippen LogP contribution in [-0.2, 0) is 0 Å². The highest BCUT2D eigenvalue weighted by Crippen LogP contribution is 2.47. The second kappa shape index (κ2) is 10.2. The van der Waals surface area contributed by atoms with Gasteiger partial charge in [0.1, 0.15) is 0 Å². The topological polar surface area (TPSA) is 16.1 Å². The van der Waals surface area contributed by atoms with Crippen LogP contribution in [0.5, 0.6) is 0 Å². The Balaban J connectivity index is 1.20. The minimum Gasteiger partial charge on any atom is -0.376 e. The molecule has 2 aliphatic rings. The number of aryl methyl sites for hydroxylation is 1. The van der Waals surface area contributed by atoms with Gasteiger partial charge in [-0.25, -0.2) is 0 Å². The SMILES string of the molecule is Cc1cncc(-c2ccc(-c3ccc4c(c3)-c3ccccc3B3c5ccccc5-c5cc(-c6ccccc6)ccc5N34)cc2)c1. The maximum atomic E-state index is 4.39. The molecule has 9 rings (SSSR count). The fourth-order valence-electron chi connectivity index (χ4n) is 7.30. The van der Waals surface area contributed by atoms with Crippen LogP contribution in [0.15, 0.2) is 158 Å². The Labute approximate surface area is 264 Å². The number of hydrogen-bond acceptors (Lipinski definition) is 2. The molecule has 6 aromatic carbocycles. The molecule has 0 amide bonds. The van der Waals surface area contributed by atoms with Crippen molar-refractivity contribution < 1.29 is 0 Å². The predicted molar refractivity (Wildman–Crippen MR) is 190 cm³/mol. The molecule has 7 aromatic rings. The molecule has 3 heterocycles. The molecule has 0 unspecified atom stereocenters. The number of aromatic nitrogens is 1. The summed E-state index contributed by atoms with van der Waals surface area (Å²) in [5.74, 6) is 0. The van der Waals surface area contributed by atoms with Crippen LogP contribution in [0.4, 0.5) is 11.4 Å². The first kappa shape index (κ1) is 25.8. The van der Waals surface area contributed by atoms with Gasteiger partial charge >= 0.3 is 6.85 Å². The van der Waals surface area contributed by atoms with E-state index in [-0.39, 0.29) is 6.85 Å². The van der Waals surface area contributed by atoms with Gasteiger partial charge in [-0.05, 0) is 92.7 Å². The smallest absolute Gasteiger partial charge is 0.329 e. The second-order valence-corrected chi connectivity index (χ2v) is 12.1. The zero-order valence-electron chi connectivity index (χ0n) is 25.0. The van der Waals surface area contributed by atoms with Crippen LogP contribution in [0.3, 0.4) is 0 Å². The molecule has 45 heavy (non-hydrogen) atoms. The van der Waals surface area contributed by atoms with Gasteiger partial charge in [-0.3, -0.25) is 4.98 Å². The van der Waals surface area contributed by atoms with Crippen LogP contribution < -0.4 is 15.7 Å². The third kappa shape index (κ3) is 4.16. The van der Waals surface area contributed by atoms with Crippen molar-refractivity contribution in [3.05, 3.63) is 164 Å². The summed E-state index contributed by atoms with van der Waals surface area (Å²) in [4.78, 5) is 6.96. The molecule has 0 bridgehead atoms. The Kier molecular flexibility index (Phi) is 5.85. The molecular weight excluding hydrogens is 543 g/mol. The van der Waals surface area contributed by atoms with Gasteiger partial charge < -0.3 is 4.81 Å². The monoisotopic (exact) mass is 572 g/mol. The molecular formula is C42H29BN2. The highest BCUT2D eigenvalue weighted by molar-refractivity contribution is 6.92. The van der Waals surface area contributed by atoms with E-state index in [0.717, 1.165) is 5.56 Å². The summed E-state index contributed by atoms with van der Waals surface area (Å²) in [5.41, 5.74) is 18.7. The first-order chi connectivity index (χ1) is 22.2. The lowest BCUT2D eigenvalue weighted by Gasteiger charge is -2.43. The normalized spacial score (nSPS) is 12.5. The molecule has 0 saturated carbocycles. The molecule has 0 spiro atoms. The van der Waals surface area contributed by atoms with Crippen molar-refractivity contribution in [2.75, 3.05) is 4.81 Å². The van der Waals surface area contributed by atoms with E-state index in [9.17, 15) is 0 Å². The summed E-state index contributed by atoms with van der Waals surface area (Å²) in [6.45, 7) is 2.19. The van der Waals surface area contributed by atoms with E-state index < -0.39 is 0 Å². The number of benzene rings is 6. The Hall–Kier alpha value is -5.67. The molecule has 2 aliphatic heterocycles. The second-order valence-electron chi connectivity index (χ2n) is 12.1. The first-order valence-electron chi connectivity index (χ1n) is 15.6. The maximum absolute atomic E-state index is 4.39. The first-order valence-corrected chi connectivity index (χ1v) is 15.6. The van der Waals surface area contributed by atoms with E-state index >= 15 is 0 Å². The lowest BCUT2D eigenvalue weighted by atomic mass is 9.43. The Morgan fingerprint density at radius 2 is 0.911 bits per heavy atom. The van der Waals surface area contributed by atoms with E-state index in [4.69, 9.17) is 0 Å². The highest BCUT2D eigenvalue weighted by Gasteiger charge is 2.42. The van der Waals surface area contributed by atoms with Crippen molar-refractivity contribution >= 4 is 29.1 Å². The highest BCUT2D eigenvalue weighted by atomic mass is 15.1. The third-order valence-electron chi connectivity index (χ3n) is 9.40. The number of hydrogen-bond donors (Lipinski definition) is 0. The van der Waals surface area contributed by atoms with Crippen molar-refractivity contribution in [2.24, 2.45) is 0 Å². The van der Waals surface area contributed by atoms with E-state index in [1.165, 1.54) is 77.9 Å². The maximum Gasteiger partial charge on any atom is 0.329 e. The molecule has 3 heteroatoms. The van der Waals surface area contributed by atoms with Crippen molar-refractivity contribution in [3.63, 3.8) is 0 Å². The Morgan fingerprint density at radius 3 is 1.49 bits per heavy atom. The van der Waals surface area contributed by atoms with Crippen molar-refractivity contribution in [1.82, 2.24) is 4.98 Å². The lowest BCUT2D eigenvalue weighted by Crippen LogP contribution is -2.59. The van der Waals surface area contributed by atoms with Gasteiger partial charge in [0.15, 0.2) is 0 Å². The molecule has 1 aromatic heterocycles. The predicted octanol–water partition coefficient (Wildman–Crippen LogP) is 9.30. The fraction of sp³-hybridized carbons (Fsp3) is 0.0238. The average Bonchev–Trinajstić information content (AvgIpc) is 3.11. The summed E-state index contributed by atoms with van der Waals surface area (Å²) in [5, 5.41) is 0. The number of rotatable bonds is 3. The molecule has 2 nitrogen and oxygen atoms in total. The summed E-state index contributed by atoms with van der Waals surface area (Å²) < 4.78 is 0. The molecule has 0 radical (unpaired) electrons. The summed E-state index contributed by atoms with van der Waals surface area (Å²) in [6.07, 6.45) is 3.83. The van der Waals surface area contributed by atoms with Gasteiger partial charge in [0.05, 0.1) is 0 Å². The fourth-order valence-corrected chi connectivity index (χ4v) is 7.30. The summed E-state index contributed by atoms with van der Waals surface area (Å²) in [7, 11) is 0. The van der Waals surface area contributed by atoms with Crippen molar-refractivity contribution in [3.8, 4) is 55.6 Å². The largest absolute Gasteiger partial charge is 0.376 e. The molecule has 0 atom stereocenters. The van der Waals surface area contributed by atoms with Crippen LogP contribution >= 0.6 is 0 Å². The number of anilines is 2. The average molecular weight is 573 g/mol. The zero-order valence-corrected chi connectivity index (χ0v) is 25.0. The minimum absolute atomic E-state index is 0.105. The van der Waals surface area contributed by atoms with Gasteiger partial charge in [-0.15, -0.1) is 0 Å². The quantitative estimate of drug-likeness (QED) is 0.196.